The minimum Gasteiger partial charge on any atom is -0.480 e. The first-order chi connectivity index (χ1) is 8.13. The van der Waals surface area contributed by atoms with Gasteiger partial charge in [-0.25, -0.2) is 4.79 Å². The van der Waals surface area contributed by atoms with Gasteiger partial charge in [0, 0.05) is 19.7 Å². The number of rotatable bonds is 6. The molecular formula is C11H19NO5. The van der Waals surface area contributed by atoms with Crippen LogP contribution in [0.2, 0.25) is 0 Å². The van der Waals surface area contributed by atoms with Crippen LogP contribution in [0.1, 0.15) is 19.8 Å². The highest BCUT2D eigenvalue weighted by atomic mass is 16.5. The molecule has 1 N–H and O–H groups in total. The lowest BCUT2D eigenvalue weighted by molar-refractivity contribution is -0.147. The van der Waals surface area contributed by atoms with E-state index >= 15 is 0 Å². The number of carboxylic acid groups (broad SMARTS) is 1. The zero-order valence-corrected chi connectivity index (χ0v) is 10.1. The molecule has 0 spiro atoms. The second kappa shape index (κ2) is 7.24. The number of carboxylic acids is 1. The summed E-state index contributed by atoms with van der Waals surface area (Å²) in [6, 6.07) is 0. The number of carbonyl (C=O) groups is 2. The Bertz CT molecular complexity index is 267. The minimum atomic E-state index is -1.07. The Morgan fingerprint density at radius 2 is 2.18 bits per heavy atom. The first kappa shape index (κ1) is 13.9. The molecule has 6 nitrogen and oxygen atoms in total. The molecule has 1 saturated heterocycles. The van der Waals surface area contributed by atoms with Gasteiger partial charge in [0.05, 0.1) is 6.10 Å². The van der Waals surface area contributed by atoms with Crippen molar-refractivity contribution in [3.63, 3.8) is 0 Å². The maximum absolute atomic E-state index is 11.7. The van der Waals surface area contributed by atoms with Crippen LogP contribution in [0.3, 0.4) is 0 Å². The summed E-state index contributed by atoms with van der Waals surface area (Å²) < 4.78 is 10.3. The lowest BCUT2D eigenvalue weighted by atomic mass is 10.1. The summed E-state index contributed by atoms with van der Waals surface area (Å²) in [6.07, 6.45) is 1.97. The van der Waals surface area contributed by atoms with Gasteiger partial charge in [0.25, 0.3) is 0 Å². The third-order valence-corrected chi connectivity index (χ3v) is 2.58. The summed E-state index contributed by atoms with van der Waals surface area (Å²) in [6.45, 7) is 3.22. The van der Waals surface area contributed by atoms with E-state index < -0.39 is 12.6 Å². The van der Waals surface area contributed by atoms with Gasteiger partial charge in [-0.3, -0.25) is 4.79 Å². The van der Waals surface area contributed by atoms with E-state index in [0.717, 1.165) is 12.8 Å². The fraction of sp³-hybridized carbons (Fsp3) is 0.818. The van der Waals surface area contributed by atoms with E-state index in [2.05, 4.69) is 0 Å². The predicted molar refractivity (Wildman–Crippen MR) is 59.7 cm³/mol. The third-order valence-electron chi connectivity index (χ3n) is 2.58. The summed E-state index contributed by atoms with van der Waals surface area (Å²) in [5, 5.41) is 8.38. The molecule has 1 fully saturated rings. The van der Waals surface area contributed by atoms with E-state index in [4.69, 9.17) is 14.6 Å². The number of piperidine rings is 1. The van der Waals surface area contributed by atoms with Crippen molar-refractivity contribution >= 4 is 11.9 Å². The van der Waals surface area contributed by atoms with E-state index in [0.29, 0.717) is 19.7 Å². The molecule has 0 saturated carbocycles. The first-order valence-corrected chi connectivity index (χ1v) is 5.82. The van der Waals surface area contributed by atoms with Crippen molar-refractivity contribution in [2.45, 2.75) is 25.9 Å². The van der Waals surface area contributed by atoms with Crippen LogP contribution in [0.4, 0.5) is 0 Å². The highest BCUT2D eigenvalue weighted by Crippen LogP contribution is 2.13. The van der Waals surface area contributed by atoms with Crippen LogP contribution in [0.15, 0.2) is 0 Å². The molecule has 0 aliphatic carbocycles. The zero-order chi connectivity index (χ0) is 12.7. The maximum Gasteiger partial charge on any atom is 0.329 e. The maximum atomic E-state index is 11.7. The topological polar surface area (TPSA) is 76.1 Å². The molecular weight excluding hydrogens is 226 g/mol. The highest BCUT2D eigenvalue weighted by molar-refractivity contribution is 5.78. The monoisotopic (exact) mass is 245 g/mol. The van der Waals surface area contributed by atoms with Gasteiger partial charge in [-0.2, -0.15) is 0 Å². The van der Waals surface area contributed by atoms with Gasteiger partial charge < -0.3 is 19.5 Å². The van der Waals surface area contributed by atoms with E-state index in [1.54, 1.807) is 4.90 Å². The summed E-state index contributed by atoms with van der Waals surface area (Å²) in [4.78, 5) is 23.6. The first-order valence-electron chi connectivity index (χ1n) is 5.82. The summed E-state index contributed by atoms with van der Waals surface area (Å²) in [7, 11) is 0. The van der Waals surface area contributed by atoms with E-state index in [1.165, 1.54) is 0 Å². The van der Waals surface area contributed by atoms with Crippen molar-refractivity contribution in [2.24, 2.45) is 0 Å². The predicted octanol–water partition coefficient (Wildman–Crippen LogP) is 0.115. The summed E-state index contributed by atoms with van der Waals surface area (Å²) in [5.74, 6) is -1.24. The van der Waals surface area contributed by atoms with Crippen molar-refractivity contribution in [3.8, 4) is 0 Å². The van der Waals surface area contributed by atoms with E-state index in [9.17, 15) is 9.59 Å². The van der Waals surface area contributed by atoms with Gasteiger partial charge in [0.15, 0.2) is 0 Å². The van der Waals surface area contributed by atoms with Crippen LogP contribution in [0.25, 0.3) is 0 Å². The second-order valence-corrected chi connectivity index (χ2v) is 3.95. The van der Waals surface area contributed by atoms with E-state index in [1.807, 2.05) is 6.92 Å². The molecule has 1 aliphatic rings. The van der Waals surface area contributed by atoms with Gasteiger partial charge >= 0.3 is 5.97 Å². The second-order valence-electron chi connectivity index (χ2n) is 3.95. The van der Waals surface area contributed by atoms with Crippen LogP contribution in [-0.2, 0) is 19.1 Å². The SMILES string of the molecule is CCOC1CCCN(C(=O)COCC(=O)O)C1. The number of hydrogen-bond donors (Lipinski definition) is 1. The van der Waals surface area contributed by atoms with Crippen LogP contribution in [0, 0.1) is 0 Å². The number of aliphatic carboxylic acids is 1. The molecule has 0 radical (unpaired) electrons. The zero-order valence-electron chi connectivity index (χ0n) is 10.1. The quantitative estimate of drug-likeness (QED) is 0.719. The third kappa shape index (κ3) is 5.14. The van der Waals surface area contributed by atoms with Crippen LogP contribution < -0.4 is 0 Å². The molecule has 6 heteroatoms. The lowest BCUT2D eigenvalue weighted by Crippen LogP contribution is -2.44. The smallest absolute Gasteiger partial charge is 0.329 e. The number of ether oxygens (including phenoxy) is 2. The molecule has 1 unspecified atom stereocenters. The fourth-order valence-electron chi connectivity index (χ4n) is 1.85. The summed E-state index contributed by atoms with van der Waals surface area (Å²) >= 11 is 0. The molecule has 17 heavy (non-hydrogen) atoms. The Morgan fingerprint density at radius 1 is 1.41 bits per heavy atom. The molecule has 0 aromatic rings. The van der Waals surface area contributed by atoms with Crippen molar-refractivity contribution in [2.75, 3.05) is 32.9 Å². The molecule has 0 bridgehead atoms. The van der Waals surface area contributed by atoms with Crippen LogP contribution >= 0.6 is 0 Å². The average molecular weight is 245 g/mol. The molecule has 1 heterocycles. The van der Waals surface area contributed by atoms with E-state index in [-0.39, 0.29) is 18.6 Å². The molecule has 1 aliphatic heterocycles. The Balaban J connectivity index is 2.28. The van der Waals surface area contributed by atoms with Gasteiger partial charge in [0.1, 0.15) is 13.2 Å². The normalized spacial score (nSPS) is 20.3. The Labute approximate surface area is 100 Å². The van der Waals surface area contributed by atoms with Gasteiger partial charge in [0.2, 0.25) is 5.91 Å². The highest BCUT2D eigenvalue weighted by Gasteiger charge is 2.23. The molecule has 1 amide bonds. The van der Waals surface area contributed by atoms with Crippen molar-refractivity contribution in [1.29, 1.82) is 0 Å². The number of amides is 1. The molecule has 98 valence electrons. The number of likely N-dealkylation sites (tertiary alicyclic amines) is 1. The van der Waals surface area contributed by atoms with Gasteiger partial charge in [-0.1, -0.05) is 0 Å². The summed E-state index contributed by atoms with van der Waals surface area (Å²) in [5.41, 5.74) is 0. The van der Waals surface area contributed by atoms with Crippen molar-refractivity contribution in [3.05, 3.63) is 0 Å². The van der Waals surface area contributed by atoms with Gasteiger partial charge in [-0.05, 0) is 19.8 Å². The molecule has 1 rings (SSSR count). The number of hydrogen-bond acceptors (Lipinski definition) is 4. The molecule has 1 atom stereocenters. The standard InChI is InChI=1S/C11H19NO5/c1-2-17-9-4-3-5-12(6-9)10(13)7-16-8-11(14)15/h9H,2-8H2,1H3,(H,14,15). The fourth-order valence-corrected chi connectivity index (χ4v) is 1.85. The van der Waals surface area contributed by atoms with Crippen molar-refractivity contribution in [1.82, 2.24) is 4.90 Å². The Kier molecular flexibility index (Phi) is 5.93. The Hall–Kier alpha value is -1.14. The molecule has 0 aromatic heterocycles. The minimum absolute atomic E-state index is 0.0946. The molecule has 0 aromatic carbocycles. The Morgan fingerprint density at radius 3 is 2.82 bits per heavy atom. The van der Waals surface area contributed by atoms with Crippen molar-refractivity contribution < 1.29 is 24.2 Å². The largest absolute Gasteiger partial charge is 0.480 e. The van der Waals surface area contributed by atoms with Gasteiger partial charge in [-0.15, -0.1) is 0 Å². The van der Waals surface area contributed by atoms with Crippen LogP contribution in [-0.4, -0.2) is 60.9 Å². The number of nitrogens with zero attached hydrogens (tertiary/aromatic N) is 1. The van der Waals surface area contributed by atoms with Crippen LogP contribution in [0.5, 0.6) is 0 Å². The lowest BCUT2D eigenvalue weighted by Gasteiger charge is -2.32. The average Bonchev–Trinajstić information content (AvgIpc) is 2.29. The number of carbonyl (C=O) groups excluding carboxylic acids is 1.